The van der Waals surface area contributed by atoms with Crippen LogP contribution >= 0.6 is 0 Å². The lowest BCUT2D eigenvalue weighted by atomic mass is 9.86. The molecule has 0 aliphatic heterocycles. The minimum atomic E-state index is 0.0207. The number of carbonyl (C=O) groups excluding carboxylic acids is 1. The number of H-pyrrole nitrogens is 1. The van der Waals surface area contributed by atoms with Crippen molar-refractivity contribution >= 4 is 22.3 Å². The van der Waals surface area contributed by atoms with Crippen molar-refractivity contribution in [1.82, 2.24) is 9.97 Å². The maximum Gasteiger partial charge on any atom is 0.197 e. The number of aromatic nitrogens is 2. The molecule has 3 aromatic rings. The molecule has 0 saturated carbocycles. The first-order chi connectivity index (χ1) is 9.66. The number of hydrogen-bond acceptors (Lipinski definition) is 2. The van der Waals surface area contributed by atoms with Crippen LogP contribution in [-0.2, 0) is 0 Å². The van der Waals surface area contributed by atoms with Gasteiger partial charge in [-0.25, -0.2) is 0 Å². The summed E-state index contributed by atoms with van der Waals surface area (Å²) in [5, 5.41) is 0.959. The van der Waals surface area contributed by atoms with E-state index >= 15 is 0 Å². The molecule has 1 aromatic carbocycles. The van der Waals surface area contributed by atoms with Crippen molar-refractivity contribution in [1.29, 1.82) is 0 Å². The molecule has 0 saturated heterocycles. The first-order valence-corrected chi connectivity index (χ1v) is 6.47. The number of rotatable bonds is 0. The van der Waals surface area contributed by atoms with E-state index < -0.39 is 0 Å². The lowest BCUT2D eigenvalue weighted by Crippen LogP contribution is -2.13. The van der Waals surface area contributed by atoms with E-state index in [1.165, 1.54) is 0 Å². The standard InChI is InChI=1S/C17H12N2O/c1-9-3-4-14-12(7-9)15-16(19-14)10(2)11-5-6-18-8-13(11)17(15)20/h3-8,19H,2H2,1H3. The summed E-state index contributed by atoms with van der Waals surface area (Å²) < 4.78 is 0. The summed E-state index contributed by atoms with van der Waals surface area (Å²) in [7, 11) is 0. The largest absolute Gasteiger partial charge is 0.354 e. The second-order valence-corrected chi connectivity index (χ2v) is 5.15. The molecule has 2 aromatic heterocycles. The predicted molar refractivity (Wildman–Crippen MR) is 78.8 cm³/mol. The van der Waals surface area contributed by atoms with E-state index in [4.69, 9.17) is 0 Å². The second-order valence-electron chi connectivity index (χ2n) is 5.15. The normalized spacial score (nSPS) is 13.4. The van der Waals surface area contributed by atoms with Crippen molar-refractivity contribution in [3.8, 4) is 0 Å². The van der Waals surface area contributed by atoms with E-state index in [0.717, 1.165) is 33.3 Å². The zero-order valence-corrected chi connectivity index (χ0v) is 11.0. The zero-order chi connectivity index (χ0) is 13.9. The number of pyridine rings is 1. The molecule has 20 heavy (non-hydrogen) atoms. The molecule has 0 unspecified atom stereocenters. The van der Waals surface area contributed by atoms with Crippen LogP contribution in [0.25, 0.3) is 16.5 Å². The Morgan fingerprint density at radius 2 is 2.05 bits per heavy atom. The van der Waals surface area contributed by atoms with Crippen molar-refractivity contribution in [3.63, 3.8) is 0 Å². The summed E-state index contributed by atoms with van der Waals surface area (Å²) in [6.45, 7) is 6.16. The van der Waals surface area contributed by atoms with Crippen LogP contribution in [0.5, 0.6) is 0 Å². The maximum absolute atomic E-state index is 12.7. The third-order valence-corrected chi connectivity index (χ3v) is 3.87. The number of hydrogen-bond donors (Lipinski definition) is 1. The van der Waals surface area contributed by atoms with Crippen LogP contribution in [0.2, 0.25) is 0 Å². The summed E-state index contributed by atoms with van der Waals surface area (Å²) in [5.41, 5.74) is 5.99. The molecule has 1 aliphatic carbocycles. The smallest absolute Gasteiger partial charge is 0.197 e. The van der Waals surface area contributed by atoms with Crippen LogP contribution in [0, 0.1) is 6.92 Å². The molecule has 2 heterocycles. The van der Waals surface area contributed by atoms with Gasteiger partial charge in [-0.3, -0.25) is 9.78 Å². The Hall–Kier alpha value is -2.68. The molecule has 96 valence electrons. The van der Waals surface area contributed by atoms with Crippen LogP contribution in [0.15, 0.2) is 43.2 Å². The zero-order valence-electron chi connectivity index (χ0n) is 11.0. The number of benzene rings is 1. The minimum Gasteiger partial charge on any atom is -0.354 e. The van der Waals surface area contributed by atoms with Gasteiger partial charge in [0.2, 0.25) is 0 Å². The van der Waals surface area contributed by atoms with Gasteiger partial charge in [0, 0.05) is 28.9 Å². The summed E-state index contributed by atoms with van der Waals surface area (Å²) in [6.07, 6.45) is 3.31. The number of aromatic amines is 1. The van der Waals surface area contributed by atoms with Crippen molar-refractivity contribution in [3.05, 3.63) is 71.2 Å². The Kier molecular flexibility index (Phi) is 2.05. The lowest BCUT2D eigenvalue weighted by molar-refractivity contribution is 0.103. The highest BCUT2D eigenvalue weighted by molar-refractivity contribution is 6.24. The fraction of sp³-hybridized carbons (Fsp3) is 0.0588. The quantitative estimate of drug-likeness (QED) is 0.526. The van der Waals surface area contributed by atoms with Crippen LogP contribution < -0.4 is 0 Å². The number of ketones is 1. The van der Waals surface area contributed by atoms with Gasteiger partial charge in [0.15, 0.2) is 5.78 Å². The Bertz CT molecular complexity index is 902. The maximum atomic E-state index is 12.7. The van der Waals surface area contributed by atoms with Crippen LogP contribution in [-0.4, -0.2) is 15.8 Å². The number of fused-ring (bicyclic) bond motifs is 4. The van der Waals surface area contributed by atoms with E-state index in [2.05, 4.69) is 16.5 Å². The van der Waals surface area contributed by atoms with Gasteiger partial charge in [0.1, 0.15) is 0 Å². The highest BCUT2D eigenvalue weighted by Crippen LogP contribution is 2.38. The molecule has 0 bridgehead atoms. The average molecular weight is 260 g/mol. The molecule has 1 N–H and O–H groups in total. The van der Waals surface area contributed by atoms with Crippen molar-refractivity contribution in [2.24, 2.45) is 0 Å². The Labute approximate surface area is 116 Å². The fourth-order valence-electron chi connectivity index (χ4n) is 2.88. The predicted octanol–water partition coefficient (Wildman–Crippen LogP) is 3.48. The minimum absolute atomic E-state index is 0.0207. The molecule has 3 heteroatoms. The molecule has 0 radical (unpaired) electrons. The molecular weight excluding hydrogens is 248 g/mol. The van der Waals surface area contributed by atoms with Crippen molar-refractivity contribution < 1.29 is 4.79 Å². The molecule has 4 rings (SSSR count). The highest BCUT2D eigenvalue weighted by Gasteiger charge is 2.29. The van der Waals surface area contributed by atoms with E-state index in [1.54, 1.807) is 12.4 Å². The Morgan fingerprint density at radius 3 is 2.90 bits per heavy atom. The summed E-state index contributed by atoms with van der Waals surface area (Å²) in [4.78, 5) is 20.1. The molecule has 0 spiro atoms. The number of nitrogens with zero attached hydrogens (tertiary/aromatic N) is 1. The Morgan fingerprint density at radius 1 is 1.20 bits per heavy atom. The molecule has 0 amide bonds. The van der Waals surface area contributed by atoms with Gasteiger partial charge in [-0.05, 0) is 36.3 Å². The van der Waals surface area contributed by atoms with Crippen molar-refractivity contribution in [2.45, 2.75) is 6.92 Å². The van der Waals surface area contributed by atoms with Crippen molar-refractivity contribution in [2.75, 3.05) is 0 Å². The van der Waals surface area contributed by atoms with E-state index in [9.17, 15) is 4.79 Å². The molecule has 1 aliphatic rings. The third-order valence-electron chi connectivity index (χ3n) is 3.87. The number of nitrogens with one attached hydrogen (secondary N) is 1. The van der Waals surface area contributed by atoms with Gasteiger partial charge in [0.05, 0.1) is 11.3 Å². The highest BCUT2D eigenvalue weighted by atomic mass is 16.1. The van der Waals surface area contributed by atoms with E-state index in [1.807, 2.05) is 31.2 Å². The molecule has 3 nitrogen and oxygen atoms in total. The first kappa shape index (κ1) is 11.2. The van der Waals surface area contributed by atoms with Crippen LogP contribution in [0.3, 0.4) is 0 Å². The SMILES string of the molecule is C=C1c2ccncc2C(=O)c2c1[nH]c1ccc(C)cc21. The van der Waals surface area contributed by atoms with Crippen LogP contribution in [0.4, 0.5) is 0 Å². The summed E-state index contributed by atoms with van der Waals surface area (Å²) >= 11 is 0. The Balaban J connectivity index is 2.12. The molecular formula is C17H12N2O. The van der Waals surface area contributed by atoms with Gasteiger partial charge in [-0.2, -0.15) is 0 Å². The topological polar surface area (TPSA) is 45.8 Å². The molecule has 0 fully saturated rings. The average Bonchev–Trinajstić information content (AvgIpc) is 2.84. The van der Waals surface area contributed by atoms with E-state index in [0.29, 0.717) is 11.1 Å². The van der Waals surface area contributed by atoms with E-state index in [-0.39, 0.29) is 5.78 Å². The second kappa shape index (κ2) is 3.67. The third kappa shape index (κ3) is 1.29. The lowest BCUT2D eigenvalue weighted by Gasteiger charge is -2.17. The fourth-order valence-corrected chi connectivity index (χ4v) is 2.88. The number of aryl methyl sites for hydroxylation is 1. The van der Waals surface area contributed by atoms with Gasteiger partial charge < -0.3 is 4.98 Å². The van der Waals surface area contributed by atoms with Gasteiger partial charge in [-0.1, -0.05) is 18.2 Å². The van der Waals surface area contributed by atoms with Gasteiger partial charge in [-0.15, -0.1) is 0 Å². The number of carbonyl (C=O) groups is 1. The molecule has 0 atom stereocenters. The van der Waals surface area contributed by atoms with Gasteiger partial charge >= 0.3 is 0 Å². The van der Waals surface area contributed by atoms with Gasteiger partial charge in [0.25, 0.3) is 0 Å². The monoisotopic (exact) mass is 260 g/mol. The first-order valence-electron chi connectivity index (χ1n) is 6.47. The van der Waals surface area contributed by atoms with Crippen LogP contribution in [0.1, 0.15) is 32.7 Å². The summed E-state index contributed by atoms with van der Waals surface area (Å²) in [5.74, 6) is 0.0207. The summed E-state index contributed by atoms with van der Waals surface area (Å²) in [6, 6.07) is 7.92.